The first-order valence-corrected chi connectivity index (χ1v) is 5.08. The second kappa shape index (κ2) is 3.51. The van der Waals surface area contributed by atoms with Gasteiger partial charge in [0.05, 0.1) is 13.2 Å². The van der Waals surface area contributed by atoms with E-state index in [0.717, 1.165) is 12.8 Å². The fraction of sp³-hybridized carbons (Fsp3) is 0.900. The summed E-state index contributed by atoms with van der Waals surface area (Å²) in [4.78, 5) is 11.4. The van der Waals surface area contributed by atoms with Gasteiger partial charge in [0.25, 0.3) is 0 Å². The predicted octanol–water partition coefficient (Wildman–Crippen LogP) is 1.43. The van der Waals surface area contributed by atoms with E-state index in [4.69, 9.17) is 0 Å². The van der Waals surface area contributed by atoms with Crippen LogP contribution in [0.4, 0.5) is 4.79 Å². The van der Waals surface area contributed by atoms with Gasteiger partial charge in [-0.1, -0.05) is 0 Å². The van der Waals surface area contributed by atoms with Gasteiger partial charge in [-0.3, -0.25) is 0 Å². The lowest BCUT2D eigenvalue weighted by atomic mass is 10.00. The molecule has 0 saturated carbocycles. The minimum atomic E-state index is -0.811. The van der Waals surface area contributed by atoms with Gasteiger partial charge in [0, 0.05) is 12.8 Å². The average molecular weight is 202 g/mol. The maximum Gasteiger partial charge on any atom is 0.514 e. The minimum absolute atomic E-state index is 0.00347. The van der Waals surface area contributed by atoms with Gasteiger partial charge in [-0.25, -0.2) is 4.48 Å². The van der Waals surface area contributed by atoms with E-state index in [-0.39, 0.29) is 22.7 Å². The van der Waals surface area contributed by atoms with Crippen molar-refractivity contribution in [1.29, 1.82) is 0 Å². The van der Waals surface area contributed by atoms with Gasteiger partial charge in [-0.15, -0.1) is 0 Å². The van der Waals surface area contributed by atoms with Crippen molar-refractivity contribution in [1.82, 2.24) is 0 Å². The summed E-state index contributed by atoms with van der Waals surface area (Å²) in [6.45, 7) is 6.37. The van der Waals surface area contributed by atoms with Crippen molar-refractivity contribution in [3.05, 3.63) is 0 Å². The van der Waals surface area contributed by atoms with Crippen LogP contribution >= 0.6 is 0 Å². The summed E-state index contributed by atoms with van der Waals surface area (Å²) in [6.07, 6.45) is 0.878. The highest BCUT2D eigenvalue weighted by atomic mass is 16.4. The van der Waals surface area contributed by atoms with E-state index in [9.17, 15) is 15.0 Å². The van der Waals surface area contributed by atoms with Gasteiger partial charge in [0.15, 0.2) is 0 Å². The van der Waals surface area contributed by atoms with E-state index in [1.165, 1.54) is 0 Å². The van der Waals surface area contributed by atoms with Gasteiger partial charge in [-0.2, -0.15) is 4.79 Å². The standard InChI is InChI=1S/C10H19NO3/c1-10(2,3)11(9(13)14)6-4-5-8(11)7-12/h8,12H,4-7H2,1-3H3/p+1/t8-,11?/m0/s1. The molecule has 1 heterocycles. The molecular formula is C10H20NO3+. The molecule has 1 unspecified atom stereocenters. The lowest BCUT2D eigenvalue weighted by molar-refractivity contribution is -0.914. The Balaban J connectivity index is 3.10. The molecule has 1 saturated heterocycles. The third kappa shape index (κ3) is 1.42. The molecule has 0 aromatic carbocycles. The number of hydrogen-bond donors (Lipinski definition) is 2. The van der Waals surface area contributed by atoms with Gasteiger partial charge in [0.2, 0.25) is 0 Å². The predicted molar refractivity (Wildman–Crippen MR) is 53.0 cm³/mol. The topological polar surface area (TPSA) is 57.5 Å². The highest BCUT2D eigenvalue weighted by Gasteiger charge is 2.55. The summed E-state index contributed by atoms with van der Waals surface area (Å²) in [5, 5.41) is 18.6. The van der Waals surface area contributed by atoms with Gasteiger partial charge < -0.3 is 10.2 Å². The molecule has 0 aromatic rings. The highest BCUT2D eigenvalue weighted by Crippen LogP contribution is 2.36. The number of amides is 1. The summed E-state index contributed by atoms with van der Waals surface area (Å²) < 4.78 is 0.00347. The normalized spacial score (nSPS) is 33.3. The number of carbonyl (C=O) groups is 1. The number of aliphatic hydroxyl groups is 1. The molecule has 1 fully saturated rings. The van der Waals surface area contributed by atoms with Gasteiger partial charge >= 0.3 is 6.09 Å². The van der Waals surface area contributed by atoms with E-state index in [2.05, 4.69) is 0 Å². The monoisotopic (exact) mass is 202 g/mol. The molecule has 1 aliphatic heterocycles. The molecule has 0 bridgehead atoms. The maximum absolute atomic E-state index is 11.4. The fourth-order valence-corrected chi connectivity index (χ4v) is 2.63. The van der Waals surface area contributed by atoms with E-state index in [1.54, 1.807) is 0 Å². The van der Waals surface area contributed by atoms with Crippen molar-refractivity contribution in [3.8, 4) is 0 Å². The second-order valence-electron chi connectivity index (χ2n) is 5.02. The first-order chi connectivity index (χ1) is 6.36. The van der Waals surface area contributed by atoms with Crippen LogP contribution in [0.3, 0.4) is 0 Å². The van der Waals surface area contributed by atoms with E-state index < -0.39 is 6.09 Å². The number of hydrogen-bond acceptors (Lipinski definition) is 2. The molecule has 4 nitrogen and oxygen atoms in total. The lowest BCUT2D eigenvalue weighted by Gasteiger charge is -2.44. The Morgan fingerprint density at radius 1 is 1.50 bits per heavy atom. The number of rotatable bonds is 1. The molecule has 1 aliphatic rings. The van der Waals surface area contributed by atoms with Crippen molar-refractivity contribution in [2.75, 3.05) is 13.2 Å². The fourth-order valence-electron chi connectivity index (χ4n) is 2.63. The lowest BCUT2D eigenvalue weighted by Crippen LogP contribution is -2.66. The zero-order valence-corrected chi connectivity index (χ0v) is 9.16. The summed E-state index contributed by atoms with van der Waals surface area (Å²) in [5.41, 5.74) is -0.351. The molecule has 4 heteroatoms. The van der Waals surface area contributed by atoms with E-state index in [1.807, 2.05) is 20.8 Å². The Kier molecular flexibility index (Phi) is 2.88. The molecule has 1 rings (SSSR count). The van der Waals surface area contributed by atoms with Crippen LogP contribution < -0.4 is 0 Å². The summed E-state index contributed by atoms with van der Waals surface area (Å²) in [5.74, 6) is 0. The molecule has 82 valence electrons. The van der Waals surface area contributed by atoms with Crippen LogP contribution in [0.15, 0.2) is 0 Å². The molecule has 0 aromatic heterocycles. The van der Waals surface area contributed by atoms with Crippen LogP contribution in [-0.2, 0) is 0 Å². The molecule has 14 heavy (non-hydrogen) atoms. The zero-order valence-electron chi connectivity index (χ0n) is 9.16. The summed E-state index contributed by atoms with van der Waals surface area (Å²) >= 11 is 0. The Morgan fingerprint density at radius 3 is 2.36 bits per heavy atom. The summed E-state index contributed by atoms with van der Waals surface area (Å²) in [6, 6.07) is -0.146. The second-order valence-corrected chi connectivity index (χ2v) is 5.02. The smallest absolute Gasteiger partial charge is 0.435 e. The van der Waals surface area contributed by atoms with E-state index in [0.29, 0.717) is 6.54 Å². The van der Waals surface area contributed by atoms with Crippen molar-refractivity contribution < 1.29 is 19.5 Å². The maximum atomic E-state index is 11.4. The van der Waals surface area contributed by atoms with Crippen molar-refractivity contribution in [3.63, 3.8) is 0 Å². The molecule has 2 N–H and O–H groups in total. The quantitative estimate of drug-likeness (QED) is 0.632. The van der Waals surface area contributed by atoms with Crippen LogP contribution in [0, 0.1) is 0 Å². The number of carboxylic acid groups (broad SMARTS) is 1. The third-order valence-electron chi connectivity index (χ3n) is 3.42. The number of aliphatic hydroxyl groups excluding tert-OH is 1. The Labute approximate surface area is 84.7 Å². The van der Waals surface area contributed by atoms with Crippen LogP contribution in [0.2, 0.25) is 0 Å². The van der Waals surface area contributed by atoms with Gasteiger partial charge in [-0.05, 0) is 20.8 Å². The number of nitrogens with zero attached hydrogens (tertiary/aromatic N) is 1. The third-order valence-corrected chi connectivity index (χ3v) is 3.42. The first-order valence-electron chi connectivity index (χ1n) is 5.08. The molecule has 2 atom stereocenters. The van der Waals surface area contributed by atoms with Gasteiger partial charge in [0.1, 0.15) is 11.6 Å². The Hall–Kier alpha value is -0.610. The number of likely N-dealkylation sites (tertiary alicyclic amines) is 1. The highest BCUT2D eigenvalue weighted by molar-refractivity contribution is 5.58. The molecule has 0 aliphatic carbocycles. The average Bonchev–Trinajstić information content (AvgIpc) is 2.46. The number of quaternary nitrogens is 1. The van der Waals surface area contributed by atoms with Crippen molar-refractivity contribution >= 4 is 6.09 Å². The Morgan fingerprint density at radius 2 is 2.07 bits per heavy atom. The Bertz CT molecular complexity index is 234. The van der Waals surface area contributed by atoms with Crippen molar-refractivity contribution in [2.24, 2.45) is 0 Å². The van der Waals surface area contributed by atoms with Crippen LogP contribution in [0.25, 0.3) is 0 Å². The molecule has 1 amide bonds. The molecular weight excluding hydrogens is 182 g/mol. The van der Waals surface area contributed by atoms with E-state index >= 15 is 0 Å². The van der Waals surface area contributed by atoms with Crippen LogP contribution in [-0.4, -0.2) is 45.5 Å². The van der Waals surface area contributed by atoms with Crippen molar-refractivity contribution in [2.45, 2.75) is 45.2 Å². The summed E-state index contributed by atoms with van der Waals surface area (Å²) in [7, 11) is 0. The molecule has 0 radical (unpaired) electrons. The van der Waals surface area contributed by atoms with Crippen LogP contribution in [0.5, 0.6) is 0 Å². The minimum Gasteiger partial charge on any atom is -0.435 e. The van der Waals surface area contributed by atoms with Crippen LogP contribution in [0.1, 0.15) is 33.6 Å². The molecule has 0 spiro atoms. The zero-order chi connectivity index (χ0) is 11.0. The first kappa shape index (κ1) is 11.5. The largest absolute Gasteiger partial charge is 0.514 e. The SMILES string of the molecule is CC(C)(C)[N+]1(C(=O)O)CCC[C@H]1CO.